The molecule has 0 saturated heterocycles. The maximum Gasteiger partial charge on any atom is 0.349 e. The highest BCUT2D eigenvalue weighted by atomic mass is 16.5. The third-order valence-corrected chi connectivity index (χ3v) is 4.38. The molecule has 28 heavy (non-hydrogen) atoms. The molecule has 3 rings (SSSR count). The number of ether oxygens (including phenoxy) is 1. The third kappa shape index (κ3) is 4.25. The standard InChI is InChI=1S/C21H20N2O5/c1-14(20(25)27-2)12-23(13-15-7-9-22-10-8-15)19(24)17-11-16-5-3-4-6-18(16)28-21(17)26/h3-11,14H,12-13H2,1-2H3. The zero-order valence-electron chi connectivity index (χ0n) is 15.6. The highest BCUT2D eigenvalue weighted by molar-refractivity contribution is 5.96. The number of esters is 1. The van der Waals surface area contributed by atoms with Crippen molar-refractivity contribution in [2.24, 2.45) is 5.92 Å². The van der Waals surface area contributed by atoms with Crippen molar-refractivity contribution >= 4 is 22.8 Å². The highest BCUT2D eigenvalue weighted by Gasteiger charge is 2.25. The zero-order chi connectivity index (χ0) is 20.1. The quantitative estimate of drug-likeness (QED) is 0.482. The first-order valence-electron chi connectivity index (χ1n) is 8.78. The number of methoxy groups -OCH3 is 1. The van der Waals surface area contributed by atoms with Crippen LogP contribution < -0.4 is 5.63 Å². The molecule has 0 saturated carbocycles. The van der Waals surface area contributed by atoms with E-state index in [1.807, 2.05) is 0 Å². The summed E-state index contributed by atoms with van der Waals surface area (Å²) in [6.45, 7) is 1.98. The van der Waals surface area contributed by atoms with Gasteiger partial charge in [0.2, 0.25) is 0 Å². The minimum atomic E-state index is -0.714. The summed E-state index contributed by atoms with van der Waals surface area (Å²) in [4.78, 5) is 42.8. The van der Waals surface area contributed by atoms with Crippen molar-refractivity contribution in [3.05, 3.63) is 76.4 Å². The van der Waals surface area contributed by atoms with Gasteiger partial charge < -0.3 is 14.1 Å². The van der Waals surface area contributed by atoms with Crippen molar-refractivity contribution in [1.82, 2.24) is 9.88 Å². The van der Waals surface area contributed by atoms with E-state index in [1.54, 1.807) is 55.7 Å². The molecular formula is C21H20N2O5. The molecule has 0 bridgehead atoms. The fourth-order valence-corrected chi connectivity index (χ4v) is 2.92. The molecule has 3 aromatic rings. The van der Waals surface area contributed by atoms with Gasteiger partial charge in [0.25, 0.3) is 5.91 Å². The van der Waals surface area contributed by atoms with Crippen molar-refractivity contribution in [2.45, 2.75) is 13.5 Å². The molecule has 7 heteroatoms. The van der Waals surface area contributed by atoms with E-state index in [1.165, 1.54) is 18.1 Å². The second-order valence-electron chi connectivity index (χ2n) is 6.45. The van der Waals surface area contributed by atoms with Crippen molar-refractivity contribution < 1.29 is 18.7 Å². The lowest BCUT2D eigenvalue weighted by atomic mass is 10.1. The van der Waals surface area contributed by atoms with Gasteiger partial charge in [0, 0.05) is 30.9 Å². The van der Waals surface area contributed by atoms with Crippen LogP contribution in [0.15, 0.2) is 64.1 Å². The molecule has 0 aliphatic carbocycles. The minimum absolute atomic E-state index is 0.0789. The fraction of sp³-hybridized carbons (Fsp3) is 0.238. The summed E-state index contributed by atoms with van der Waals surface area (Å²) in [5.74, 6) is -1.49. The van der Waals surface area contributed by atoms with Crippen molar-refractivity contribution in [3.63, 3.8) is 0 Å². The van der Waals surface area contributed by atoms with Gasteiger partial charge in [-0.15, -0.1) is 0 Å². The van der Waals surface area contributed by atoms with E-state index in [4.69, 9.17) is 9.15 Å². The maximum atomic E-state index is 13.2. The van der Waals surface area contributed by atoms with Crippen LogP contribution in [0.25, 0.3) is 11.0 Å². The summed E-state index contributed by atoms with van der Waals surface area (Å²) in [6, 6.07) is 12.0. The zero-order valence-corrected chi connectivity index (χ0v) is 15.6. The number of para-hydroxylation sites is 1. The number of hydrogen-bond acceptors (Lipinski definition) is 6. The summed E-state index contributed by atoms with van der Waals surface area (Å²) in [5.41, 5.74) is 0.442. The van der Waals surface area contributed by atoms with Crippen LogP contribution in [0.4, 0.5) is 0 Å². The highest BCUT2D eigenvalue weighted by Crippen LogP contribution is 2.16. The fourth-order valence-electron chi connectivity index (χ4n) is 2.92. The Balaban J connectivity index is 1.96. The predicted octanol–water partition coefficient (Wildman–Crippen LogP) is 2.64. The first kappa shape index (κ1) is 19.3. The topological polar surface area (TPSA) is 89.7 Å². The lowest BCUT2D eigenvalue weighted by Gasteiger charge is -2.25. The van der Waals surface area contributed by atoms with Gasteiger partial charge >= 0.3 is 11.6 Å². The second-order valence-corrected chi connectivity index (χ2v) is 6.45. The summed E-state index contributed by atoms with van der Waals surface area (Å²) in [7, 11) is 1.30. The molecule has 7 nitrogen and oxygen atoms in total. The first-order chi connectivity index (χ1) is 13.5. The van der Waals surface area contributed by atoms with Gasteiger partial charge in [-0.3, -0.25) is 14.6 Å². The van der Waals surface area contributed by atoms with E-state index in [2.05, 4.69) is 4.98 Å². The number of benzene rings is 1. The van der Waals surface area contributed by atoms with Crippen LogP contribution in [0, 0.1) is 5.92 Å². The molecule has 1 amide bonds. The molecule has 0 radical (unpaired) electrons. The van der Waals surface area contributed by atoms with E-state index < -0.39 is 23.4 Å². The van der Waals surface area contributed by atoms with Crippen LogP contribution >= 0.6 is 0 Å². The number of carbonyl (C=O) groups excluding carboxylic acids is 2. The number of nitrogens with zero attached hydrogens (tertiary/aromatic N) is 2. The average molecular weight is 380 g/mol. The molecule has 0 spiro atoms. The van der Waals surface area contributed by atoms with Gasteiger partial charge in [-0.25, -0.2) is 4.79 Å². The normalized spacial score (nSPS) is 11.8. The molecule has 2 heterocycles. The molecule has 1 aromatic carbocycles. The second kappa shape index (κ2) is 8.47. The van der Waals surface area contributed by atoms with E-state index in [-0.39, 0.29) is 18.7 Å². The smallest absolute Gasteiger partial charge is 0.349 e. The van der Waals surface area contributed by atoms with Crippen LogP contribution in [0.1, 0.15) is 22.8 Å². The van der Waals surface area contributed by atoms with E-state index >= 15 is 0 Å². The number of aromatic nitrogens is 1. The number of rotatable bonds is 6. The molecule has 0 aliphatic rings. The molecule has 1 atom stereocenters. The Kier molecular flexibility index (Phi) is 5.84. The number of fused-ring (bicyclic) bond motifs is 1. The van der Waals surface area contributed by atoms with Crippen LogP contribution in [0.3, 0.4) is 0 Å². The van der Waals surface area contributed by atoms with Gasteiger partial charge in [0.05, 0.1) is 13.0 Å². The molecule has 0 N–H and O–H groups in total. The Bertz CT molecular complexity index is 1050. The maximum absolute atomic E-state index is 13.2. The summed E-state index contributed by atoms with van der Waals surface area (Å²) < 4.78 is 10.0. The van der Waals surface area contributed by atoms with Crippen LogP contribution in [0.2, 0.25) is 0 Å². The Hall–Kier alpha value is -3.48. The number of hydrogen-bond donors (Lipinski definition) is 0. The van der Waals surface area contributed by atoms with Gasteiger partial charge in [-0.2, -0.15) is 0 Å². The van der Waals surface area contributed by atoms with Gasteiger partial charge in [-0.1, -0.05) is 25.1 Å². The Morgan fingerprint density at radius 1 is 1.18 bits per heavy atom. The van der Waals surface area contributed by atoms with Crippen LogP contribution in [-0.2, 0) is 16.1 Å². The third-order valence-electron chi connectivity index (χ3n) is 4.38. The van der Waals surface area contributed by atoms with E-state index in [0.29, 0.717) is 11.0 Å². The van der Waals surface area contributed by atoms with Crippen LogP contribution in [-0.4, -0.2) is 35.4 Å². The van der Waals surface area contributed by atoms with Crippen molar-refractivity contribution in [1.29, 1.82) is 0 Å². The molecule has 0 fully saturated rings. The lowest BCUT2D eigenvalue weighted by molar-refractivity contribution is -0.145. The minimum Gasteiger partial charge on any atom is -0.469 e. The average Bonchev–Trinajstić information content (AvgIpc) is 2.72. The van der Waals surface area contributed by atoms with Crippen molar-refractivity contribution in [2.75, 3.05) is 13.7 Å². The first-order valence-corrected chi connectivity index (χ1v) is 8.78. The molecule has 0 aliphatic heterocycles. The van der Waals surface area contributed by atoms with Crippen molar-refractivity contribution in [3.8, 4) is 0 Å². The van der Waals surface area contributed by atoms with Gasteiger partial charge in [-0.05, 0) is 29.8 Å². The number of amides is 1. The largest absolute Gasteiger partial charge is 0.469 e. The lowest BCUT2D eigenvalue weighted by Crippen LogP contribution is -2.38. The monoisotopic (exact) mass is 380 g/mol. The summed E-state index contributed by atoms with van der Waals surface area (Å²) in [5, 5.41) is 0.648. The van der Waals surface area contributed by atoms with Gasteiger partial charge in [0.15, 0.2) is 0 Å². The predicted molar refractivity (Wildman–Crippen MR) is 103 cm³/mol. The molecule has 2 aromatic heterocycles. The number of pyridine rings is 1. The molecular weight excluding hydrogens is 360 g/mol. The van der Waals surface area contributed by atoms with Gasteiger partial charge in [0.1, 0.15) is 11.1 Å². The summed E-state index contributed by atoms with van der Waals surface area (Å²) in [6.07, 6.45) is 3.23. The SMILES string of the molecule is COC(=O)C(C)CN(Cc1ccncc1)C(=O)c1cc2ccccc2oc1=O. The molecule has 1 unspecified atom stereocenters. The van der Waals surface area contributed by atoms with E-state index in [0.717, 1.165) is 5.56 Å². The molecule has 144 valence electrons. The summed E-state index contributed by atoms with van der Waals surface area (Å²) >= 11 is 0. The Labute approximate surface area is 161 Å². The number of carbonyl (C=O) groups is 2. The van der Waals surface area contributed by atoms with Crippen LogP contribution in [0.5, 0.6) is 0 Å². The Morgan fingerprint density at radius 3 is 2.61 bits per heavy atom. The Morgan fingerprint density at radius 2 is 1.89 bits per heavy atom. The van der Waals surface area contributed by atoms with E-state index in [9.17, 15) is 14.4 Å².